The van der Waals surface area contributed by atoms with E-state index in [1.54, 1.807) is 44.5 Å². The highest BCUT2D eigenvalue weighted by atomic mass is 16.5. The average Bonchev–Trinajstić information content (AvgIpc) is 3.25. The molecule has 0 saturated carbocycles. The summed E-state index contributed by atoms with van der Waals surface area (Å²) in [5.74, 6) is 2.80. The van der Waals surface area contributed by atoms with E-state index in [0.717, 1.165) is 23.2 Å². The number of anilines is 1. The van der Waals surface area contributed by atoms with Crippen LogP contribution in [0.5, 0.6) is 17.2 Å². The van der Waals surface area contributed by atoms with E-state index < -0.39 is 6.04 Å². The van der Waals surface area contributed by atoms with E-state index in [0.29, 0.717) is 41.0 Å². The zero-order valence-corrected chi connectivity index (χ0v) is 19.9. The fraction of sp³-hybridized carbons (Fsp3) is 0.360. The molecule has 0 spiro atoms. The molecule has 3 heterocycles. The Bertz CT molecular complexity index is 1300. The van der Waals surface area contributed by atoms with Gasteiger partial charge in [-0.05, 0) is 30.0 Å². The number of nitrogens with one attached hydrogen (secondary N) is 1. The monoisotopic (exact) mass is 461 g/mol. The molecule has 5 rings (SSSR count). The fourth-order valence-corrected chi connectivity index (χ4v) is 4.78. The highest BCUT2D eigenvalue weighted by Crippen LogP contribution is 2.49. The second kappa shape index (κ2) is 8.16. The number of fused-ring (bicyclic) bond motifs is 1. The Hall–Kier alpha value is -3.88. The largest absolute Gasteiger partial charge is 0.496 e. The first-order chi connectivity index (χ1) is 16.3. The lowest BCUT2D eigenvalue weighted by Gasteiger charge is -2.38. The number of rotatable bonds is 5. The third-order valence-corrected chi connectivity index (χ3v) is 6.28. The molecule has 9 heteroatoms. The van der Waals surface area contributed by atoms with E-state index in [9.17, 15) is 4.79 Å². The first-order valence-electron chi connectivity index (χ1n) is 11.1. The summed E-state index contributed by atoms with van der Waals surface area (Å²) in [5, 5.41) is 8.20. The van der Waals surface area contributed by atoms with Gasteiger partial charge in [-0.25, -0.2) is 4.68 Å². The molecule has 0 fully saturated rings. The molecule has 0 amide bonds. The number of carbonyl (C=O) groups excluding carboxylic acids is 1. The highest BCUT2D eigenvalue weighted by molar-refractivity contribution is 6.00. The Morgan fingerprint density at radius 2 is 1.79 bits per heavy atom. The van der Waals surface area contributed by atoms with Gasteiger partial charge in [-0.15, -0.1) is 5.10 Å². The Balaban J connectivity index is 1.75. The van der Waals surface area contributed by atoms with E-state index in [-0.39, 0.29) is 11.2 Å². The summed E-state index contributed by atoms with van der Waals surface area (Å²) in [6.07, 6.45) is 4.58. The van der Waals surface area contributed by atoms with E-state index in [1.165, 1.54) is 0 Å². The summed E-state index contributed by atoms with van der Waals surface area (Å²) < 4.78 is 18.5. The van der Waals surface area contributed by atoms with Crippen molar-refractivity contribution >= 4 is 11.7 Å². The minimum absolute atomic E-state index is 0.0738. The van der Waals surface area contributed by atoms with Crippen molar-refractivity contribution in [2.45, 2.75) is 32.7 Å². The topological polar surface area (TPSA) is 100 Å². The van der Waals surface area contributed by atoms with Gasteiger partial charge in [0.15, 0.2) is 23.1 Å². The van der Waals surface area contributed by atoms with Gasteiger partial charge in [0.05, 0.1) is 21.3 Å². The zero-order chi connectivity index (χ0) is 24.0. The number of pyridine rings is 1. The Labute approximate surface area is 197 Å². The normalized spacial score (nSPS) is 18.6. The van der Waals surface area contributed by atoms with Gasteiger partial charge in [-0.1, -0.05) is 13.8 Å². The van der Waals surface area contributed by atoms with Crippen molar-refractivity contribution in [3.8, 4) is 28.6 Å². The number of aromatic nitrogens is 4. The first-order valence-corrected chi connectivity index (χ1v) is 11.1. The van der Waals surface area contributed by atoms with Crippen molar-refractivity contribution in [1.29, 1.82) is 0 Å². The molecule has 0 radical (unpaired) electrons. The number of benzene rings is 1. The van der Waals surface area contributed by atoms with Gasteiger partial charge in [0.2, 0.25) is 5.95 Å². The minimum Gasteiger partial charge on any atom is -0.496 e. The van der Waals surface area contributed by atoms with Crippen molar-refractivity contribution in [3.63, 3.8) is 0 Å². The van der Waals surface area contributed by atoms with Crippen molar-refractivity contribution in [1.82, 2.24) is 19.7 Å². The van der Waals surface area contributed by atoms with Crippen molar-refractivity contribution < 1.29 is 19.0 Å². The maximum Gasteiger partial charge on any atom is 0.226 e. The molecule has 1 aliphatic heterocycles. The molecule has 1 aromatic carbocycles. The average molecular weight is 462 g/mol. The molecule has 176 valence electrons. The van der Waals surface area contributed by atoms with Gasteiger partial charge < -0.3 is 19.5 Å². The van der Waals surface area contributed by atoms with Crippen molar-refractivity contribution in [2.24, 2.45) is 5.41 Å². The zero-order valence-electron chi connectivity index (χ0n) is 19.9. The van der Waals surface area contributed by atoms with Crippen LogP contribution in [0.3, 0.4) is 0 Å². The van der Waals surface area contributed by atoms with Crippen LogP contribution in [0.1, 0.15) is 38.3 Å². The first kappa shape index (κ1) is 21.9. The third kappa shape index (κ3) is 3.57. The molecule has 2 aromatic heterocycles. The lowest BCUT2D eigenvalue weighted by molar-refractivity contribution is -0.118. The Morgan fingerprint density at radius 1 is 1.06 bits per heavy atom. The molecule has 1 N–H and O–H groups in total. The van der Waals surface area contributed by atoms with Crippen LogP contribution in [0, 0.1) is 5.41 Å². The van der Waals surface area contributed by atoms with Gasteiger partial charge in [0, 0.05) is 47.3 Å². The number of methoxy groups -OCH3 is 3. The van der Waals surface area contributed by atoms with E-state index in [2.05, 4.69) is 24.1 Å². The van der Waals surface area contributed by atoms with Crippen LogP contribution in [0.4, 0.5) is 5.95 Å². The smallest absolute Gasteiger partial charge is 0.226 e. The molecule has 0 saturated heterocycles. The maximum absolute atomic E-state index is 13.5. The van der Waals surface area contributed by atoms with Crippen molar-refractivity contribution in [3.05, 3.63) is 53.5 Å². The molecular weight excluding hydrogens is 434 g/mol. The van der Waals surface area contributed by atoms with Crippen LogP contribution in [0.2, 0.25) is 0 Å². The predicted molar refractivity (Wildman–Crippen MR) is 126 cm³/mol. The molecule has 34 heavy (non-hydrogen) atoms. The highest BCUT2D eigenvalue weighted by Gasteiger charge is 2.43. The predicted octanol–water partition coefficient (Wildman–Crippen LogP) is 4.02. The van der Waals surface area contributed by atoms with Crippen LogP contribution in [-0.4, -0.2) is 46.9 Å². The van der Waals surface area contributed by atoms with E-state index >= 15 is 0 Å². The van der Waals surface area contributed by atoms with Crippen LogP contribution in [-0.2, 0) is 4.79 Å². The van der Waals surface area contributed by atoms with E-state index in [1.807, 2.05) is 18.2 Å². The minimum atomic E-state index is -0.539. The second-order valence-electron chi connectivity index (χ2n) is 9.26. The van der Waals surface area contributed by atoms with Gasteiger partial charge in [0.1, 0.15) is 11.8 Å². The van der Waals surface area contributed by atoms with Gasteiger partial charge >= 0.3 is 0 Å². The Kier molecular flexibility index (Phi) is 5.27. The summed E-state index contributed by atoms with van der Waals surface area (Å²) in [5.41, 5.74) is 2.89. The van der Waals surface area contributed by atoms with Gasteiger partial charge in [-0.2, -0.15) is 4.98 Å². The number of hydrogen-bond donors (Lipinski definition) is 1. The molecule has 1 atom stereocenters. The van der Waals surface area contributed by atoms with Crippen LogP contribution >= 0.6 is 0 Å². The van der Waals surface area contributed by atoms with E-state index in [4.69, 9.17) is 24.3 Å². The van der Waals surface area contributed by atoms with Crippen molar-refractivity contribution in [2.75, 3.05) is 26.6 Å². The second-order valence-corrected chi connectivity index (χ2v) is 9.26. The quantitative estimate of drug-likeness (QED) is 0.608. The van der Waals surface area contributed by atoms with Crippen LogP contribution < -0.4 is 19.5 Å². The maximum atomic E-state index is 13.5. The summed E-state index contributed by atoms with van der Waals surface area (Å²) in [4.78, 5) is 22.5. The fourth-order valence-electron chi connectivity index (χ4n) is 4.78. The number of nitrogens with zero attached hydrogens (tertiary/aromatic N) is 4. The number of carbonyl (C=O) groups is 1. The molecular formula is C25H27N5O4. The molecule has 2 aliphatic rings. The SMILES string of the molecule is COc1cc(OC)c(C2C3=C(CC(C)(C)CC3=O)Nc3nc(-c4cccnc4)nn32)cc1OC. The molecule has 0 bridgehead atoms. The Morgan fingerprint density at radius 3 is 2.47 bits per heavy atom. The third-order valence-electron chi connectivity index (χ3n) is 6.28. The number of ketones is 1. The number of ether oxygens (including phenoxy) is 3. The summed E-state index contributed by atoms with van der Waals surface area (Å²) in [7, 11) is 4.75. The number of hydrogen-bond acceptors (Lipinski definition) is 8. The lowest BCUT2D eigenvalue weighted by atomic mass is 9.73. The molecule has 9 nitrogen and oxygen atoms in total. The van der Waals surface area contributed by atoms with Gasteiger partial charge in [-0.3, -0.25) is 9.78 Å². The summed E-state index contributed by atoms with van der Waals surface area (Å²) >= 11 is 0. The lowest BCUT2D eigenvalue weighted by Crippen LogP contribution is -2.36. The van der Waals surface area contributed by atoms with Crippen LogP contribution in [0.15, 0.2) is 47.9 Å². The number of Topliss-reactive ketones (excluding diaryl/α,β-unsaturated/α-hetero) is 1. The van der Waals surface area contributed by atoms with Gasteiger partial charge in [0.25, 0.3) is 0 Å². The standard InChI is InChI=1S/C25H27N5O4/c1-25(2)11-16-21(17(31)12-25)22(15-9-19(33-4)20(34-5)10-18(15)32-3)30-24(27-16)28-23(29-30)14-7-6-8-26-13-14/h6-10,13,22H,11-12H2,1-5H3,(H,27,28,29). The number of allylic oxidation sites excluding steroid dienone is 2. The molecule has 3 aromatic rings. The van der Waals surface area contributed by atoms with Crippen LogP contribution in [0.25, 0.3) is 11.4 Å². The molecule has 1 unspecified atom stereocenters. The molecule has 1 aliphatic carbocycles. The summed E-state index contributed by atoms with van der Waals surface area (Å²) in [6, 6.07) is 6.82. The summed E-state index contributed by atoms with van der Waals surface area (Å²) in [6.45, 7) is 4.20.